The predicted molar refractivity (Wildman–Crippen MR) is 89.9 cm³/mol. The van der Waals surface area contributed by atoms with Gasteiger partial charge in [-0.25, -0.2) is 0 Å². The smallest absolute Gasteiger partial charge is 0.0959 e. The van der Waals surface area contributed by atoms with Gasteiger partial charge in [0.2, 0.25) is 0 Å². The largest absolute Gasteiger partial charge is 0.355 e. The fourth-order valence-corrected chi connectivity index (χ4v) is 4.43. The molecule has 1 aromatic rings. The minimum Gasteiger partial charge on any atom is -0.355 e. The summed E-state index contributed by atoms with van der Waals surface area (Å²) in [4.78, 5) is 4.94. The van der Waals surface area contributed by atoms with Gasteiger partial charge >= 0.3 is 0 Å². The van der Waals surface area contributed by atoms with Crippen LogP contribution >= 0.6 is 12.6 Å². The lowest BCUT2D eigenvalue weighted by molar-refractivity contribution is 0.257. The van der Waals surface area contributed by atoms with Crippen molar-refractivity contribution >= 4 is 18.3 Å². The van der Waals surface area contributed by atoms with E-state index in [1.165, 1.54) is 36.2 Å². The van der Waals surface area contributed by atoms with Gasteiger partial charge in [0, 0.05) is 18.3 Å². The van der Waals surface area contributed by atoms with Gasteiger partial charge in [0.05, 0.1) is 4.87 Å². The molecule has 1 saturated heterocycles. The summed E-state index contributed by atoms with van der Waals surface area (Å²) in [6, 6.07) is 7.52. The van der Waals surface area contributed by atoms with Gasteiger partial charge in [0.25, 0.3) is 0 Å². The Bertz CT molecular complexity index is 498. The van der Waals surface area contributed by atoms with Crippen LogP contribution in [0.3, 0.4) is 0 Å². The number of hydrogen-bond donors (Lipinski definition) is 1. The minimum absolute atomic E-state index is 0.0805. The SMILES string of the molecule is CCc1ccc2c(c1)N(C(C)(S)C1CCCN1C)CC2. The number of aryl methyl sites for hydroxylation is 1. The van der Waals surface area contributed by atoms with Crippen molar-refractivity contribution in [2.75, 3.05) is 25.0 Å². The molecule has 1 fully saturated rings. The number of thiol groups is 1. The molecular weight excluding hydrogens is 264 g/mol. The number of nitrogens with zero attached hydrogens (tertiary/aromatic N) is 2. The highest BCUT2D eigenvalue weighted by Gasteiger charge is 2.43. The second kappa shape index (κ2) is 5.27. The molecule has 2 aliphatic heterocycles. The van der Waals surface area contributed by atoms with Crippen LogP contribution < -0.4 is 4.90 Å². The fraction of sp³-hybridized carbons (Fsp3) is 0.647. The summed E-state index contributed by atoms with van der Waals surface area (Å²) in [5.74, 6) is 0. The molecule has 0 amide bonds. The molecule has 0 aromatic heterocycles. The molecule has 0 bridgehead atoms. The van der Waals surface area contributed by atoms with E-state index >= 15 is 0 Å². The van der Waals surface area contributed by atoms with Crippen molar-refractivity contribution in [1.82, 2.24) is 4.90 Å². The van der Waals surface area contributed by atoms with Crippen molar-refractivity contribution in [2.24, 2.45) is 0 Å². The Kier molecular flexibility index (Phi) is 3.76. The predicted octanol–water partition coefficient (Wildman–Crippen LogP) is 3.35. The third-order valence-electron chi connectivity index (χ3n) is 5.15. The van der Waals surface area contributed by atoms with Crippen molar-refractivity contribution in [3.05, 3.63) is 29.3 Å². The normalized spacial score (nSPS) is 25.8. The van der Waals surface area contributed by atoms with E-state index in [2.05, 4.69) is 48.9 Å². The number of likely N-dealkylation sites (N-methyl/N-ethyl adjacent to an activating group) is 1. The molecule has 0 spiro atoms. The molecule has 0 radical (unpaired) electrons. The van der Waals surface area contributed by atoms with E-state index in [-0.39, 0.29) is 4.87 Å². The first kappa shape index (κ1) is 14.3. The average molecular weight is 290 g/mol. The van der Waals surface area contributed by atoms with Gasteiger partial charge in [-0.3, -0.25) is 0 Å². The Morgan fingerprint density at radius 3 is 2.80 bits per heavy atom. The summed E-state index contributed by atoms with van der Waals surface area (Å²) in [5, 5.41) is 0. The van der Waals surface area contributed by atoms with E-state index in [9.17, 15) is 0 Å². The van der Waals surface area contributed by atoms with Crippen LogP contribution in [0.1, 0.15) is 37.8 Å². The van der Waals surface area contributed by atoms with Crippen molar-refractivity contribution < 1.29 is 0 Å². The Morgan fingerprint density at radius 1 is 1.35 bits per heavy atom. The number of anilines is 1. The second-order valence-corrected chi connectivity index (χ2v) is 7.36. The van der Waals surface area contributed by atoms with Crippen LogP contribution in [0.4, 0.5) is 5.69 Å². The highest BCUT2D eigenvalue weighted by molar-refractivity contribution is 7.82. The van der Waals surface area contributed by atoms with Gasteiger partial charge in [0.1, 0.15) is 0 Å². The number of fused-ring (bicyclic) bond motifs is 1. The number of hydrogen-bond acceptors (Lipinski definition) is 3. The van der Waals surface area contributed by atoms with Crippen LogP contribution in [0.25, 0.3) is 0 Å². The zero-order valence-electron chi connectivity index (χ0n) is 12.9. The molecule has 20 heavy (non-hydrogen) atoms. The molecule has 2 unspecified atom stereocenters. The number of benzene rings is 1. The van der Waals surface area contributed by atoms with E-state index < -0.39 is 0 Å². The van der Waals surface area contributed by atoms with Gasteiger partial charge in [0.15, 0.2) is 0 Å². The average Bonchev–Trinajstić information content (AvgIpc) is 3.04. The summed E-state index contributed by atoms with van der Waals surface area (Å²) in [6.45, 7) is 6.84. The lowest BCUT2D eigenvalue weighted by Gasteiger charge is -2.44. The summed E-state index contributed by atoms with van der Waals surface area (Å²) in [5.41, 5.74) is 4.34. The molecule has 110 valence electrons. The molecule has 2 aliphatic rings. The summed E-state index contributed by atoms with van der Waals surface area (Å²) in [6.07, 6.45) is 4.82. The lowest BCUT2D eigenvalue weighted by Crippen LogP contribution is -2.54. The van der Waals surface area contributed by atoms with Gasteiger partial charge < -0.3 is 9.80 Å². The first-order valence-electron chi connectivity index (χ1n) is 7.86. The molecule has 3 heteroatoms. The molecule has 2 heterocycles. The van der Waals surface area contributed by atoms with E-state index in [4.69, 9.17) is 12.6 Å². The molecule has 0 N–H and O–H groups in total. The Balaban J connectivity index is 1.93. The highest BCUT2D eigenvalue weighted by Crippen LogP contribution is 2.41. The quantitative estimate of drug-likeness (QED) is 0.853. The van der Waals surface area contributed by atoms with Crippen LogP contribution in [0.5, 0.6) is 0 Å². The second-order valence-electron chi connectivity index (χ2n) is 6.45. The monoisotopic (exact) mass is 290 g/mol. The lowest BCUT2D eigenvalue weighted by atomic mass is 10.0. The maximum absolute atomic E-state index is 5.11. The summed E-state index contributed by atoms with van der Waals surface area (Å²) >= 11 is 5.11. The molecule has 2 atom stereocenters. The van der Waals surface area contributed by atoms with Gasteiger partial charge in [-0.15, -0.1) is 12.6 Å². The van der Waals surface area contributed by atoms with Crippen molar-refractivity contribution in [2.45, 2.75) is 50.4 Å². The number of rotatable bonds is 3. The molecule has 3 rings (SSSR count). The summed E-state index contributed by atoms with van der Waals surface area (Å²) in [7, 11) is 2.24. The Labute approximate surface area is 128 Å². The maximum atomic E-state index is 5.11. The molecule has 0 aliphatic carbocycles. The van der Waals surface area contributed by atoms with Gasteiger partial charge in [-0.2, -0.15) is 0 Å². The first-order chi connectivity index (χ1) is 9.54. The highest BCUT2D eigenvalue weighted by atomic mass is 32.1. The van der Waals surface area contributed by atoms with Gasteiger partial charge in [-0.05, 0) is 63.4 Å². The van der Waals surface area contributed by atoms with Crippen molar-refractivity contribution in [1.29, 1.82) is 0 Å². The van der Waals surface area contributed by atoms with Crippen LogP contribution in [0.15, 0.2) is 18.2 Å². The minimum atomic E-state index is -0.0805. The first-order valence-corrected chi connectivity index (χ1v) is 8.31. The van der Waals surface area contributed by atoms with E-state index in [1.807, 2.05) is 0 Å². The molecular formula is C17H26N2S. The van der Waals surface area contributed by atoms with E-state index in [0.717, 1.165) is 19.4 Å². The third kappa shape index (κ3) is 2.25. The zero-order chi connectivity index (χ0) is 14.3. The zero-order valence-corrected chi connectivity index (χ0v) is 13.8. The maximum Gasteiger partial charge on any atom is 0.0959 e. The van der Waals surface area contributed by atoms with Crippen molar-refractivity contribution in [3.8, 4) is 0 Å². The fourth-order valence-electron chi connectivity index (χ4n) is 3.90. The van der Waals surface area contributed by atoms with Gasteiger partial charge in [-0.1, -0.05) is 19.1 Å². The Hall–Kier alpha value is -0.670. The molecule has 0 saturated carbocycles. The molecule has 1 aromatic carbocycles. The van der Waals surface area contributed by atoms with E-state index in [0.29, 0.717) is 6.04 Å². The van der Waals surface area contributed by atoms with E-state index in [1.54, 1.807) is 0 Å². The number of likely N-dealkylation sites (tertiary alicyclic amines) is 1. The van der Waals surface area contributed by atoms with Crippen LogP contribution in [-0.2, 0) is 12.8 Å². The Morgan fingerprint density at radius 2 is 2.15 bits per heavy atom. The third-order valence-corrected chi connectivity index (χ3v) is 5.69. The summed E-state index contributed by atoms with van der Waals surface area (Å²) < 4.78 is 0. The van der Waals surface area contributed by atoms with Crippen LogP contribution in [0, 0.1) is 0 Å². The molecule has 2 nitrogen and oxygen atoms in total. The van der Waals surface area contributed by atoms with Crippen molar-refractivity contribution in [3.63, 3.8) is 0 Å². The topological polar surface area (TPSA) is 6.48 Å². The standard InChI is InChI=1S/C17H26N2S/c1-4-13-7-8-14-9-11-19(15(14)12-13)17(2,20)16-6-5-10-18(16)3/h7-8,12,16,20H,4-6,9-11H2,1-3H3. The van der Waals surface area contributed by atoms with Crippen LogP contribution in [0.2, 0.25) is 0 Å². The van der Waals surface area contributed by atoms with Crippen LogP contribution in [-0.4, -0.2) is 35.9 Å².